The fraction of sp³-hybridized carbons (Fsp3) is 0.150. The van der Waals surface area contributed by atoms with E-state index < -0.39 is 0 Å². The van der Waals surface area contributed by atoms with Crippen LogP contribution in [0.4, 0.5) is 5.69 Å². The van der Waals surface area contributed by atoms with Gasteiger partial charge in [0.1, 0.15) is 0 Å². The molecule has 3 aromatic rings. The van der Waals surface area contributed by atoms with Crippen LogP contribution in [0, 0.1) is 13.8 Å². The molecule has 1 aromatic heterocycles. The molecule has 0 fully saturated rings. The molecule has 0 bridgehead atoms. The number of ether oxygens (including phenoxy) is 2. The zero-order chi connectivity index (χ0) is 17.4. The van der Waals surface area contributed by atoms with Crippen LogP contribution in [-0.2, 0) is 0 Å². The lowest BCUT2D eigenvalue weighted by Crippen LogP contribution is -1.99. The molecule has 4 nitrogen and oxygen atoms in total. The van der Waals surface area contributed by atoms with Crippen LogP contribution in [0.15, 0.2) is 53.5 Å². The van der Waals surface area contributed by atoms with Crippen molar-refractivity contribution in [2.75, 3.05) is 6.79 Å². The van der Waals surface area contributed by atoms with E-state index in [4.69, 9.17) is 21.1 Å². The molecule has 0 unspecified atom stereocenters. The van der Waals surface area contributed by atoms with Crippen molar-refractivity contribution in [1.82, 2.24) is 4.57 Å². The van der Waals surface area contributed by atoms with Gasteiger partial charge in [-0.3, -0.25) is 4.99 Å². The van der Waals surface area contributed by atoms with E-state index in [-0.39, 0.29) is 6.79 Å². The molecule has 0 amide bonds. The zero-order valence-corrected chi connectivity index (χ0v) is 14.7. The van der Waals surface area contributed by atoms with Gasteiger partial charge in [0.15, 0.2) is 11.5 Å². The minimum Gasteiger partial charge on any atom is -0.454 e. The number of rotatable bonds is 3. The third kappa shape index (κ3) is 3.01. The van der Waals surface area contributed by atoms with Crippen LogP contribution in [0.2, 0.25) is 5.02 Å². The Morgan fingerprint density at radius 3 is 2.56 bits per heavy atom. The van der Waals surface area contributed by atoms with E-state index in [9.17, 15) is 0 Å². The second-order valence-corrected chi connectivity index (χ2v) is 6.37. The monoisotopic (exact) mass is 352 g/mol. The largest absolute Gasteiger partial charge is 0.454 e. The quantitative estimate of drug-likeness (QED) is 0.605. The van der Waals surface area contributed by atoms with Gasteiger partial charge in [0.05, 0.1) is 5.69 Å². The van der Waals surface area contributed by atoms with Crippen molar-refractivity contribution in [2.24, 2.45) is 4.99 Å². The SMILES string of the molecule is Cc1cc(C=Nc2ccc3c(c2)OCO3)c(C)n1-c1ccc(Cl)cc1. The Bertz CT molecular complexity index is 959. The summed E-state index contributed by atoms with van der Waals surface area (Å²) in [6, 6.07) is 15.6. The Hall–Kier alpha value is -2.72. The molecule has 25 heavy (non-hydrogen) atoms. The minimum atomic E-state index is 0.269. The first-order valence-electron chi connectivity index (χ1n) is 8.00. The summed E-state index contributed by atoms with van der Waals surface area (Å²) in [5.74, 6) is 1.50. The van der Waals surface area contributed by atoms with Gasteiger partial charge >= 0.3 is 0 Å². The van der Waals surface area contributed by atoms with E-state index in [1.807, 2.05) is 48.7 Å². The lowest BCUT2D eigenvalue weighted by Gasteiger charge is -2.09. The highest BCUT2D eigenvalue weighted by Gasteiger charge is 2.13. The highest BCUT2D eigenvalue weighted by Crippen LogP contribution is 2.35. The first-order valence-corrected chi connectivity index (χ1v) is 8.38. The molecule has 0 spiro atoms. The number of hydrogen-bond donors (Lipinski definition) is 0. The van der Waals surface area contributed by atoms with Crippen LogP contribution in [-0.4, -0.2) is 17.6 Å². The molecule has 0 atom stereocenters. The Labute approximate surface area is 151 Å². The van der Waals surface area contributed by atoms with Crippen LogP contribution >= 0.6 is 11.6 Å². The molecule has 2 aromatic carbocycles. The lowest BCUT2D eigenvalue weighted by atomic mass is 10.2. The molecule has 4 rings (SSSR count). The molecule has 1 aliphatic heterocycles. The summed E-state index contributed by atoms with van der Waals surface area (Å²) in [5.41, 5.74) is 5.27. The molecule has 0 N–H and O–H groups in total. The van der Waals surface area contributed by atoms with Crippen molar-refractivity contribution in [3.05, 3.63) is 70.5 Å². The van der Waals surface area contributed by atoms with Gasteiger partial charge in [-0.25, -0.2) is 0 Å². The van der Waals surface area contributed by atoms with Crippen molar-refractivity contribution >= 4 is 23.5 Å². The van der Waals surface area contributed by atoms with Gasteiger partial charge in [-0.1, -0.05) is 11.6 Å². The molecule has 5 heteroatoms. The number of aryl methyl sites for hydroxylation is 1. The molecular formula is C20H17ClN2O2. The lowest BCUT2D eigenvalue weighted by molar-refractivity contribution is 0.174. The maximum absolute atomic E-state index is 5.99. The summed E-state index contributed by atoms with van der Waals surface area (Å²) in [4.78, 5) is 4.58. The maximum atomic E-state index is 5.99. The normalized spacial score (nSPS) is 12.9. The second-order valence-electron chi connectivity index (χ2n) is 5.93. The summed E-state index contributed by atoms with van der Waals surface area (Å²) in [6.45, 7) is 4.44. The summed E-state index contributed by atoms with van der Waals surface area (Å²) in [6.07, 6.45) is 1.88. The third-order valence-corrected chi connectivity index (χ3v) is 4.52. The van der Waals surface area contributed by atoms with Gasteiger partial charge in [0.2, 0.25) is 6.79 Å². The first-order chi connectivity index (χ1) is 12.1. The maximum Gasteiger partial charge on any atom is 0.231 e. The molecule has 1 aliphatic rings. The van der Waals surface area contributed by atoms with Crippen LogP contribution in [0.3, 0.4) is 0 Å². The van der Waals surface area contributed by atoms with Crippen molar-refractivity contribution in [3.63, 3.8) is 0 Å². The van der Waals surface area contributed by atoms with E-state index in [1.165, 1.54) is 0 Å². The average molecular weight is 353 g/mol. The fourth-order valence-electron chi connectivity index (χ4n) is 3.02. The van der Waals surface area contributed by atoms with Crippen molar-refractivity contribution in [2.45, 2.75) is 13.8 Å². The summed E-state index contributed by atoms with van der Waals surface area (Å²) in [7, 11) is 0. The molecular weight excluding hydrogens is 336 g/mol. The number of aliphatic imine (C=N–C) groups is 1. The molecule has 0 radical (unpaired) electrons. The summed E-state index contributed by atoms with van der Waals surface area (Å²) in [5, 5.41) is 0.732. The molecule has 126 valence electrons. The van der Waals surface area contributed by atoms with Crippen molar-refractivity contribution in [3.8, 4) is 17.2 Å². The van der Waals surface area contributed by atoms with E-state index in [0.717, 1.165) is 44.8 Å². The fourth-order valence-corrected chi connectivity index (χ4v) is 3.14. The molecule has 0 saturated heterocycles. The van der Waals surface area contributed by atoms with Crippen molar-refractivity contribution < 1.29 is 9.47 Å². The van der Waals surface area contributed by atoms with Crippen LogP contribution < -0.4 is 9.47 Å². The third-order valence-electron chi connectivity index (χ3n) is 4.26. The van der Waals surface area contributed by atoms with E-state index >= 15 is 0 Å². The Balaban J connectivity index is 1.65. The van der Waals surface area contributed by atoms with E-state index in [2.05, 4.69) is 29.5 Å². The molecule has 0 saturated carbocycles. The first kappa shape index (κ1) is 15.8. The number of aromatic nitrogens is 1. The average Bonchev–Trinajstić information content (AvgIpc) is 3.18. The number of nitrogens with zero attached hydrogens (tertiary/aromatic N) is 2. The van der Waals surface area contributed by atoms with Crippen LogP contribution in [0.1, 0.15) is 17.0 Å². The van der Waals surface area contributed by atoms with E-state index in [0.29, 0.717) is 0 Å². The minimum absolute atomic E-state index is 0.269. The molecule has 2 heterocycles. The predicted molar refractivity (Wildman–Crippen MR) is 100 cm³/mol. The highest BCUT2D eigenvalue weighted by molar-refractivity contribution is 6.30. The number of halogens is 1. The van der Waals surface area contributed by atoms with Gasteiger partial charge < -0.3 is 14.0 Å². The van der Waals surface area contributed by atoms with Gasteiger partial charge in [0, 0.05) is 39.9 Å². The van der Waals surface area contributed by atoms with Crippen LogP contribution in [0.25, 0.3) is 5.69 Å². The standard InChI is InChI=1S/C20H17ClN2O2/c1-13-9-15(14(2)23(13)18-6-3-16(21)4-7-18)11-22-17-5-8-19-20(10-17)25-12-24-19/h3-11H,12H2,1-2H3. The predicted octanol–water partition coefficient (Wildman–Crippen LogP) is 5.23. The van der Waals surface area contributed by atoms with Gasteiger partial charge in [0.25, 0.3) is 0 Å². The number of fused-ring (bicyclic) bond motifs is 1. The van der Waals surface area contributed by atoms with Gasteiger partial charge in [-0.05, 0) is 56.3 Å². The van der Waals surface area contributed by atoms with Crippen molar-refractivity contribution in [1.29, 1.82) is 0 Å². The second kappa shape index (κ2) is 6.30. The Kier molecular flexibility index (Phi) is 3.98. The topological polar surface area (TPSA) is 35.8 Å². The van der Waals surface area contributed by atoms with Gasteiger partial charge in [-0.2, -0.15) is 0 Å². The Morgan fingerprint density at radius 1 is 1.00 bits per heavy atom. The molecule has 0 aliphatic carbocycles. The van der Waals surface area contributed by atoms with E-state index in [1.54, 1.807) is 0 Å². The summed E-state index contributed by atoms with van der Waals surface area (Å²) >= 11 is 5.99. The highest BCUT2D eigenvalue weighted by atomic mass is 35.5. The number of benzene rings is 2. The van der Waals surface area contributed by atoms with Gasteiger partial charge in [-0.15, -0.1) is 0 Å². The smallest absolute Gasteiger partial charge is 0.231 e. The summed E-state index contributed by atoms with van der Waals surface area (Å²) < 4.78 is 12.9. The van der Waals surface area contributed by atoms with Crippen LogP contribution in [0.5, 0.6) is 11.5 Å². The zero-order valence-electron chi connectivity index (χ0n) is 14.0. The number of hydrogen-bond acceptors (Lipinski definition) is 3. The Morgan fingerprint density at radius 2 is 1.76 bits per heavy atom.